The van der Waals surface area contributed by atoms with Gasteiger partial charge in [-0.2, -0.15) is 0 Å². The van der Waals surface area contributed by atoms with Crippen molar-refractivity contribution >= 4 is 11.9 Å². The highest BCUT2D eigenvalue weighted by atomic mass is 16.4. The standard InChI is InChI=1S/C16H22N2O3/c1-11(15(19)17(3)12(2)16(20)21)18-9-8-13-6-4-5-7-14(13)10-18/h4-7,11-12H,8-10H2,1-3H3,(H,20,21). The summed E-state index contributed by atoms with van der Waals surface area (Å²) in [4.78, 5) is 26.8. The smallest absolute Gasteiger partial charge is 0.326 e. The van der Waals surface area contributed by atoms with Gasteiger partial charge < -0.3 is 10.0 Å². The topological polar surface area (TPSA) is 60.9 Å². The van der Waals surface area contributed by atoms with Crippen LogP contribution in [0, 0.1) is 0 Å². The molecule has 0 spiro atoms. The summed E-state index contributed by atoms with van der Waals surface area (Å²) < 4.78 is 0. The summed E-state index contributed by atoms with van der Waals surface area (Å²) >= 11 is 0. The summed E-state index contributed by atoms with van der Waals surface area (Å²) in [6, 6.07) is 7.13. The number of carboxylic acids is 1. The van der Waals surface area contributed by atoms with E-state index in [0.29, 0.717) is 0 Å². The lowest BCUT2D eigenvalue weighted by molar-refractivity contribution is -0.150. The molecule has 114 valence electrons. The zero-order chi connectivity index (χ0) is 15.6. The Morgan fingerprint density at radius 1 is 1.24 bits per heavy atom. The zero-order valence-corrected chi connectivity index (χ0v) is 12.7. The molecule has 0 saturated heterocycles. The van der Waals surface area contributed by atoms with Crippen molar-refractivity contribution in [1.29, 1.82) is 0 Å². The Bertz CT molecular complexity index is 544. The van der Waals surface area contributed by atoms with Crippen molar-refractivity contribution in [2.24, 2.45) is 0 Å². The van der Waals surface area contributed by atoms with Gasteiger partial charge >= 0.3 is 5.97 Å². The monoisotopic (exact) mass is 290 g/mol. The van der Waals surface area contributed by atoms with Crippen molar-refractivity contribution in [2.45, 2.75) is 38.9 Å². The second kappa shape index (κ2) is 6.26. The fourth-order valence-electron chi connectivity index (χ4n) is 2.66. The Balaban J connectivity index is 2.06. The van der Waals surface area contributed by atoms with Gasteiger partial charge in [0.05, 0.1) is 6.04 Å². The summed E-state index contributed by atoms with van der Waals surface area (Å²) in [7, 11) is 1.55. The first-order valence-electron chi connectivity index (χ1n) is 7.22. The number of benzene rings is 1. The Kier molecular flexibility index (Phi) is 4.63. The number of rotatable bonds is 4. The molecule has 2 atom stereocenters. The van der Waals surface area contributed by atoms with Gasteiger partial charge in [-0.05, 0) is 31.4 Å². The highest BCUT2D eigenvalue weighted by Crippen LogP contribution is 2.21. The first-order valence-corrected chi connectivity index (χ1v) is 7.22. The number of nitrogens with zero attached hydrogens (tertiary/aromatic N) is 2. The van der Waals surface area contributed by atoms with Gasteiger partial charge in [0.25, 0.3) is 0 Å². The van der Waals surface area contributed by atoms with Crippen LogP contribution in [0.5, 0.6) is 0 Å². The summed E-state index contributed by atoms with van der Waals surface area (Å²) in [5.41, 5.74) is 2.58. The molecule has 1 N–H and O–H groups in total. The molecule has 1 aromatic rings. The fourth-order valence-corrected chi connectivity index (χ4v) is 2.66. The SMILES string of the molecule is CC(C(=O)N(C)C(C)C(=O)O)N1CCc2ccccc2C1. The van der Waals surface area contributed by atoms with Crippen molar-refractivity contribution in [2.75, 3.05) is 13.6 Å². The maximum absolute atomic E-state index is 12.4. The number of carboxylic acid groups (broad SMARTS) is 1. The molecule has 1 amide bonds. The summed E-state index contributed by atoms with van der Waals surface area (Å²) in [5, 5.41) is 9.02. The van der Waals surface area contributed by atoms with E-state index in [-0.39, 0.29) is 11.9 Å². The third-order valence-electron chi connectivity index (χ3n) is 4.35. The Hall–Kier alpha value is -1.88. The van der Waals surface area contributed by atoms with Crippen molar-refractivity contribution < 1.29 is 14.7 Å². The van der Waals surface area contributed by atoms with Crippen LogP contribution in [0.1, 0.15) is 25.0 Å². The molecule has 1 aromatic carbocycles. The molecule has 2 rings (SSSR count). The Morgan fingerprint density at radius 2 is 1.86 bits per heavy atom. The Labute approximate surface area is 125 Å². The van der Waals surface area contributed by atoms with Gasteiger partial charge in [-0.1, -0.05) is 24.3 Å². The number of fused-ring (bicyclic) bond motifs is 1. The molecule has 1 aliphatic rings. The van der Waals surface area contributed by atoms with Gasteiger partial charge in [0, 0.05) is 20.1 Å². The van der Waals surface area contributed by atoms with E-state index < -0.39 is 12.0 Å². The number of aliphatic carboxylic acids is 1. The molecule has 0 aliphatic carbocycles. The van der Waals surface area contributed by atoms with Crippen LogP contribution in [0.25, 0.3) is 0 Å². The third-order valence-corrected chi connectivity index (χ3v) is 4.35. The van der Waals surface area contributed by atoms with Crippen LogP contribution in [-0.4, -0.2) is 52.5 Å². The second-order valence-electron chi connectivity index (χ2n) is 5.63. The van der Waals surface area contributed by atoms with Crippen molar-refractivity contribution in [3.63, 3.8) is 0 Å². The maximum Gasteiger partial charge on any atom is 0.326 e. The molecular formula is C16H22N2O3. The highest BCUT2D eigenvalue weighted by Gasteiger charge is 2.30. The first-order chi connectivity index (χ1) is 9.91. The number of hydrogen-bond donors (Lipinski definition) is 1. The van der Waals surface area contributed by atoms with Crippen LogP contribution in [-0.2, 0) is 22.6 Å². The normalized spacial score (nSPS) is 17.7. The van der Waals surface area contributed by atoms with Gasteiger partial charge in [0.1, 0.15) is 6.04 Å². The lowest BCUT2D eigenvalue weighted by atomic mass is 9.98. The molecule has 0 aromatic heterocycles. The third kappa shape index (κ3) is 3.24. The van der Waals surface area contributed by atoms with Crippen LogP contribution >= 0.6 is 0 Å². The average Bonchev–Trinajstić information content (AvgIpc) is 2.51. The first kappa shape index (κ1) is 15.5. The van der Waals surface area contributed by atoms with Crippen LogP contribution < -0.4 is 0 Å². The summed E-state index contributed by atoms with van der Waals surface area (Å²) in [6.45, 7) is 4.93. The Morgan fingerprint density at radius 3 is 2.48 bits per heavy atom. The molecule has 0 saturated carbocycles. The van der Waals surface area contributed by atoms with Crippen LogP contribution in [0.3, 0.4) is 0 Å². The molecular weight excluding hydrogens is 268 g/mol. The van der Waals surface area contributed by atoms with Gasteiger partial charge in [-0.15, -0.1) is 0 Å². The molecule has 5 nitrogen and oxygen atoms in total. The predicted octanol–water partition coefficient (Wildman–Crippen LogP) is 1.36. The van der Waals surface area contributed by atoms with Gasteiger partial charge in [-0.25, -0.2) is 4.79 Å². The van der Waals surface area contributed by atoms with Gasteiger partial charge in [-0.3, -0.25) is 9.69 Å². The molecule has 0 bridgehead atoms. The van der Waals surface area contributed by atoms with E-state index in [9.17, 15) is 9.59 Å². The minimum atomic E-state index is -0.984. The van der Waals surface area contributed by atoms with Crippen molar-refractivity contribution in [3.8, 4) is 0 Å². The lowest BCUT2D eigenvalue weighted by Crippen LogP contribution is -2.51. The van der Waals surface area contributed by atoms with E-state index in [0.717, 1.165) is 19.5 Å². The van der Waals surface area contributed by atoms with E-state index >= 15 is 0 Å². The highest BCUT2D eigenvalue weighted by molar-refractivity contribution is 5.86. The van der Waals surface area contributed by atoms with Gasteiger partial charge in [0.15, 0.2) is 0 Å². The minimum Gasteiger partial charge on any atom is -0.480 e. The molecule has 1 aliphatic heterocycles. The summed E-state index contributed by atoms with van der Waals surface area (Å²) in [6.07, 6.45) is 0.923. The van der Waals surface area contributed by atoms with Gasteiger partial charge in [0.2, 0.25) is 5.91 Å². The lowest BCUT2D eigenvalue weighted by Gasteiger charge is -2.35. The summed E-state index contributed by atoms with van der Waals surface area (Å²) in [5.74, 6) is -1.13. The van der Waals surface area contributed by atoms with Crippen molar-refractivity contribution in [1.82, 2.24) is 9.80 Å². The average molecular weight is 290 g/mol. The zero-order valence-electron chi connectivity index (χ0n) is 12.7. The maximum atomic E-state index is 12.4. The van der Waals surface area contributed by atoms with Crippen LogP contribution in [0.4, 0.5) is 0 Å². The van der Waals surface area contributed by atoms with E-state index in [1.54, 1.807) is 7.05 Å². The molecule has 5 heteroatoms. The van der Waals surface area contributed by atoms with Crippen LogP contribution in [0.15, 0.2) is 24.3 Å². The minimum absolute atomic E-state index is 0.149. The molecule has 0 fully saturated rings. The van der Waals surface area contributed by atoms with E-state index in [2.05, 4.69) is 17.0 Å². The van der Waals surface area contributed by atoms with E-state index in [4.69, 9.17) is 5.11 Å². The number of hydrogen-bond acceptors (Lipinski definition) is 3. The molecule has 2 unspecified atom stereocenters. The second-order valence-corrected chi connectivity index (χ2v) is 5.63. The molecule has 0 radical (unpaired) electrons. The van der Waals surface area contributed by atoms with Crippen molar-refractivity contribution in [3.05, 3.63) is 35.4 Å². The largest absolute Gasteiger partial charge is 0.480 e. The number of carbonyl (C=O) groups excluding carboxylic acids is 1. The predicted molar refractivity (Wildman–Crippen MR) is 79.9 cm³/mol. The van der Waals surface area contributed by atoms with Crippen LogP contribution in [0.2, 0.25) is 0 Å². The van der Waals surface area contributed by atoms with E-state index in [1.165, 1.54) is 23.0 Å². The number of carbonyl (C=O) groups is 2. The molecule has 21 heavy (non-hydrogen) atoms. The van der Waals surface area contributed by atoms with E-state index in [1.807, 2.05) is 19.1 Å². The number of amides is 1. The quantitative estimate of drug-likeness (QED) is 0.909. The molecule has 1 heterocycles. The number of likely N-dealkylation sites (N-methyl/N-ethyl adjacent to an activating group) is 1. The fraction of sp³-hybridized carbons (Fsp3) is 0.500.